The molecule has 0 aliphatic rings. The number of rotatable bonds is 6. The molecule has 2 aromatic carbocycles. The minimum absolute atomic E-state index is 0.558. The Morgan fingerprint density at radius 1 is 1.05 bits per heavy atom. The Morgan fingerprint density at radius 3 is 2.38 bits per heavy atom. The van der Waals surface area contributed by atoms with Gasteiger partial charge in [0.15, 0.2) is 0 Å². The fourth-order valence-corrected chi connectivity index (χ4v) is 2.32. The SMILES string of the molecule is C=C(NCCC)c1ccc(-c2cccc(C(C)C)c2)cc1. The summed E-state index contributed by atoms with van der Waals surface area (Å²) < 4.78 is 0. The number of hydrogen-bond donors (Lipinski definition) is 1. The largest absolute Gasteiger partial charge is 0.385 e. The highest BCUT2D eigenvalue weighted by Crippen LogP contribution is 2.25. The van der Waals surface area contributed by atoms with Crippen LogP contribution in [0.25, 0.3) is 16.8 Å². The summed E-state index contributed by atoms with van der Waals surface area (Å²) >= 11 is 0. The Labute approximate surface area is 128 Å². The maximum atomic E-state index is 4.09. The molecule has 0 fully saturated rings. The molecule has 0 aliphatic carbocycles. The van der Waals surface area contributed by atoms with E-state index >= 15 is 0 Å². The summed E-state index contributed by atoms with van der Waals surface area (Å²) in [5, 5.41) is 3.34. The van der Waals surface area contributed by atoms with Crippen molar-refractivity contribution in [3.8, 4) is 11.1 Å². The molecule has 2 rings (SSSR count). The zero-order chi connectivity index (χ0) is 15.2. The lowest BCUT2D eigenvalue weighted by Crippen LogP contribution is -2.11. The van der Waals surface area contributed by atoms with Crippen molar-refractivity contribution in [3.63, 3.8) is 0 Å². The van der Waals surface area contributed by atoms with Gasteiger partial charge in [-0.3, -0.25) is 0 Å². The van der Waals surface area contributed by atoms with Gasteiger partial charge in [0.25, 0.3) is 0 Å². The quantitative estimate of drug-likeness (QED) is 0.741. The second-order valence-electron chi connectivity index (χ2n) is 5.76. The van der Waals surface area contributed by atoms with E-state index in [0.717, 1.165) is 24.2 Å². The lowest BCUT2D eigenvalue weighted by molar-refractivity contribution is 0.825. The number of nitrogens with one attached hydrogen (secondary N) is 1. The third kappa shape index (κ3) is 3.98. The summed E-state index contributed by atoms with van der Waals surface area (Å²) in [6.07, 6.45) is 1.11. The minimum atomic E-state index is 0.558. The Kier molecular flexibility index (Phi) is 5.21. The second kappa shape index (κ2) is 7.12. The Hall–Kier alpha value is -2.02. The lowest BCUT2D eigenvalue weighted by atomic mass is 9.97. The lowest BCUT2D eigenvalue weighted by Gasteiger charge is -2.11. The van der Waals surface area contributed by atoms with Gasteiger partial charge >= 0.3 is 0 Å². The van der Waals surface area contributed by atoms with E-state index in [4.69, 9.17) is 0 Å². The van der Waals surface area contributed by atoms with Crippen LogP contribution in [-0.4, -0.2) is 6.54 Å². The summed E-state index contributed by atoms with van der Waals surface area (Å²) in [6, 6.07) is 17.4. The summed E-state index contributed by atoms with van der Waals surface area (Å²) in [4.78, 5) is 0. The van der Waals surface area contributed by atoms with E-state index in [1.807, 2.05) is 0 Å². The first-order chi connectivity index (χ1) is 10.1. The molecule has 0 spiro atoms. The van der Waals surface area contributed by atoms with Crippen LogP contribution in [0, 0.1) is 0 Å². The summed E-state index contributed by atoms with van der Waals surface area (Å²) in [5.41, 5.74) is 6.07. The van der Waals surface area contributed by atoms with Crippen molar-refractivity contribution >= 4 is 5.70 Å². The highest BCUT2D eigenvalue weighted by Gasteiger charge is 2.03. The van der Waals surface area contributed by atoms with Crippen LogP contribution in [0.3, 0.4) is 0 Å². The molecule has 0 aliphatic heterocycles. The molecule has 0 saturated carbocycles. The van der Waals surface area contributed by atoms with Gasteiger partial charge in [0, 0.05) is 12.2 Å². The summed E-state index contributed by atoms with van der Waals surface area (Å²) in [5.74, 6) is 0.558. The van der Waals surface area contributed by atoms with Crippen LogP contribution >= 0.6 is 0 Å². The molecule has 0 amide bonds. The molecule has 1 heteroatoms. The maximum absolute atomic E-state index is 4.09. The first-order valence-electron chi connectivity index (χ1n) is 7.75. The fraction of sp³-hybridized carbons (Fsp3) is 0.300. The standard InChI is InChI=1S/C20H25N/c1-5-13-21-16(4)17-9-11-18(12-10-17)20-8-6-7-19(14-20)15(2)3/h6-12,14-15,21H,4-5,13H2,1-3H3. The van der Waals surface area contributed by atoms with Crippen molar-refractivity contribution in [2.24, 2.45) is 0 Å². The molecule has 0 bridgehead atoms. The Morgan fingerprint density at radius 2 is 1.76 bits per heavy atom. The topological polar surface area (TPSA) is 12.0 Å². The van der Waals surface area contributed by atoms with Gasteiger partial charge in [-0.2, -0.15) is 0 Å². The van der Waals surface area contributed by atoms with E-state index in [9.17, 15) is 0 Å². The molecule has 1 N–H and O–H groups in total. The fourth-order valence-electron chi connectivity index (χ4n) is 2.32. The van der Waals surface area contributed by atoms with Crippen LogP contribution in [0.4, 0.5) is 0 Å². The highest BCUT2D eigenvalue weighted by molar-refractivity contribution is 5.69. The van der Waals surface area contributed by atoms with E-state index in [2.05, 4.69) is 81.2 Å². The molecule has 1 nitrogen and oxygen atoms in total. The molecule has 0 aromatic heterocycles. The van der Waals surface area contributed by atoms with Gasteiger partial charge in [0.05, 0.1) is 0 Å². The van der Waals surface area contributed by atoms with Crippen molar-refractivity contribution in [1.29, 1.82) is 0 Å². The molecule has 0 saturated heterocycles. The van der Waals surface area contributed by atoms with E-state index in [1.165, 1.54) is 16.7 Å². The predicted molar refractivity (Wildman–Crippen MR) is 93.3 cm³/mol. The van der Waals surface area contributed by atoms with Crippen LogP contribution in [0.1, 0.15) is 44.2 Å². The van der Waals surface area contributed by atoms with Gasteiger partial charge < -0.3 is 5.32 Å². The number of hydrogen-bond acceptors (Lipinski definition) is 1. The van der Waals surface area contributed by atoms with Gasteiger partial charge in [0.1, 0.15) is 0 Å². The van der Waals surface area contributed by atoms with Crippen molar-refractivity contribution in [1.82, 2.24) is 5.32 Å². The summed E-state index contributed by atoms with van der Waals surface area (Å²) in [7, 11) is 0. The second-order valence-corrected chi connectivity index (χ2v) is 5.76. The minimum Gasteiger partial charge on any atom is -0.385 e. The molecule has 0 radical (unpaired) electrons. The van der Waals surface area contributed by atoms with E-state index in [-0.39, 0.29) is 0 Å². The third-order valence-corrected chi connectivity index (χ3v) is 3.71. The van der Waals surface area contributed by atoms with E-state index < -0.39 is 0 Å². The van der Waals surface area contributed by atoms with Gasteiger partial charge in [-0.1, -0.05) is 75.9 Å². The van der Waals surface area contributed by atoms with Gasteiger partial charge in [0.2, 0.25) is 0 Å². The molecular formula is C20H25N. The van der Waals surface area contributed by atoms with Crippen molar-refractivity contribution in [3.05, 3.63) is 66.2 Å². The Bertz CT molecular complexity index is 593. The first kappa shape index (κ1) is 15.4. The average Bonchev–Trinajstić information content (AvgIpc) is 2.53. The predicted octanol–water partition coefficient (Wildman–Crippen LogP) is 5.45. The molecule has 0 atom stereocenters. The van der Waals surface area contributed by atoms with Crippen LogP contribution < -0.4 is 5.32 Å². The van der Waals surface area contributed by atoms with Crippen molar-refractivity contribution < 1.29 is 0 Å². The first-order valence-corrected chi connectivity index (χ1v) is 7.75. The normalized spacial score (nSPS) is 10.7. The number of benzene rings is 2. The van der Waals surface area contributed by atoms with Gasteiger partial charge in [-0.05, 0) is 34.6 Å². The zero-order valence-corrected chi connectivity index (χ0v) is 13.3. The van der Waals surface area contributed by atoms with E-state index in [0.29, 0.717) is 5.92 Å². The maximum Gasteiger partial charge on any atom is 0.0340 e. The monoisotopic (exact) mass is 279 g/mol. The van der Waals surface area contributed by atoms with Crippen LogP contribution in [-0.2, 0) is 0 Å². The van der Waals surface area contributed by atoms with Crippen LogP contribution in [0.15, 0.2) is 55.1 Å². The molecule has 0 heterocycles. The van der Waals surface area contributed by atoms with Crippen LogP contribution in [0.5, 0.6) is 0 Å². The summed E-state index contributed by atoms with van der Waals surface area (Å²) in [6.45, 7) is 11.7. The molecule has 0 unspecified atom stereocenters. The molecular weight excluding hydrogens is 254 g/mol. The zero-order valence-electron chi connectivity index (χ0n) is 13.3. The van der Waals surface area contributed by atoms with E-state index in [1.54, 1.807) is 0 Å². The highest BCUT2D eigenvalue weighted by atomic mass is 14.9. The smallest absolute Gasteiger partial charge is 0.0340 e. The molecule has 2 aromatic rings. The van der Waals surface area contributed by atoms with Gasteiger partial charge in [-0.25, -0.2) is 0 Å². The Balaban J connectivity index is 2.19. The van der Waals surface area contributed by atoms with Crippen molar-refractivity contribution in [2.45, 2.75) is 33.1 Å². The molecule has 21 heavy (non-hydrogen) atoms. The van der Waals surface area contributed by atoms with Gasteiger partial charge in [-0.15, -0.1) is 0 Å². The average molecular weight is 279 g/mol. The third-order valence-electron chi connectivity index (χ3n) is 3.71. The van der Waals surface area contributed by atoms with Crippen molar-refractivity contribution in [2.75, 3.05) is 6.54 Å². The van der Waals surface area contributed by atoms with Crippen LogP contribution in [0.2, 0.25) is 0 Å². The molecule has 110 valence electrons.